The number of ether oxygens (including phenoxy) is 1. The van der Waals surface area contributed by atoms with Gasteiger partial charge in [-0.3, -0.25) is 4.79 Å². The van der Waals surface area contributed by atoms with Crippen molar-refractivity contribution in [2.24, 2.45) is 0 Å². The molecule has 2 fully saturated rings. The van der Waals surface area contributed by atoms with Gasteiger partial charge in [-0.15, -0.1) is 0 Å². The first-order chi connectivity index (χ1) is 8.79. The van der Waals surface area contributed by atoms with Crippen molar-refractivity contribution in [2.75, 3.05) is 26.2 Å². The van der Waals surface area contributed by atoms with Crippen LogP contribution in [0.1, 0.15) is 45.4 Å². The first kappa shape index (κ1) is 13.8. The Hall–Kier alpha value is -0.610. The van der Waals surface area contributed by atoms with Gasteiger partial charge in [-0.25, -0.2) is 0 Å². The summed E-state index contributed by atoms with van der Waals surface area (Å²) >= 11 is 0. The number of piperidine rings is 1. The number of carbonyl (C=O) groups is 1. The Kier molecular flexibility index (Phi) is 5.45. The monoisotopic (exact) mass is 254 g/mol. The standard InChI is InChI=1S/C14H26N2O2/c1-2-10-18-13-4-3-9-16(11-13)14(17)7-8-15-12-5-6-12/h12-13,15H,2-11H2,1H3. The Morgan fingerprint density at radius 2 is 2.22 bits per heavy atom. The third kappa shape index (κ3) is 4.58. The van der Waals surface area contributed by atoms with Gasteiger partial charge < -0.3 is 15.0 Å². The first-order valence-electron chi connectivity index (χ1n) is 7.42. The predicted molar refractivity (Wildman–Crippen MR) is 71.5 cm³/mol. The van der Waals surface area contributed by atoms with Crippen LogP contribution >= 0.6 is 0 Å². The molecule has 2 aliphatic rings. The molecule has 1 aliphatic heterocycles. The smallest absolute Gasteiger partial charge is 0.223 e. The van der Waals surface area contributed by atoms with Gasteiger partial charge in [-0.05, 0) is 32.1 Å². The van der Waals surface area contributed by atoms with E-state index in [4.69, 9.17) is 4.74 Å². The highest BCUT2D eigenvalue weighted by atomic mass is 16.5. The molecule has 4 heteroatoms. The molecule has 1 heterocycles. The van der Waals surface area contributed by atoms with Crippen LogP contribution in [0.25, 0.3) is 0 Å². The van der Waals surface area contributed by atoms with Crippen molar-refractivity contribution in [1.82, 2.24) is 10.2 Å². The van der Waals surface area contributed by atoms with E-state index in [9.17, 15) is 4.79 Å². The zero-order valence-electron chi connectivity index (χ0n) is 11.5. The molecule has 1 aliphatic carbocycles. The molecule has 0 bridgehead atoms. The van der Waals surface area contributed by atoms with E-state index >= 15 is 0 Å². The van der Waals surface area contributed by atoms with Crippen molar-refractivity contribution >= 4 is 5.91 Å². The maximum Gasteiger partial charge on any atom is 0.223 e. The van der Waals surface area contributed by atoms with Crippen molar-refractivity contribution in [3.63, 3.8) is 0 Å². The highest BCUT2D eigenvalue weighted by Gasteiger charge is 2.24. The van der Waals surface area contributed by atoms with Gasteiger partial charge in [0.15, 0.2) is 0 Å². The fourth-order valence-corrected chi connectivity index (χ4v) is 2.41. The lowest BCUT2D eigenvalue weighted by molar-refractivity contribution is -0.135. The second kappa shape index (κ2) is 7.10. The Morgan fingerprint density at radius 3 is 2.94 bits per heavy atom. The maximum atomic E-state index is 12.0. The molecular formula is C14H26N2O2. The SMILES string of the molecule is CCCOC1CCCN(C(=O)CCNC2CC2)C1. The minimum absolute atomic E-state index is 0.263. The molecule has 104 valence electrons. The van der Waals surface area contributed by atoms with Crippen molar-refractivity contribution in [2.45, 2.75) is 57.6 Å². The van der Waals surface area contributed by atoms with Crippen LogP contribution in [0, 0.1) is 0 Å². The fraction of sp³-hybridized carbons (Fsp3) is 0.929. The average molecular weight is 254 g/mol. The molecule has 1 saturated heterocycles. The predicted octanol–water partition coefficient (Wildman–Crippen LogP) is 1.55. The van der Waals surface area contributed by atoms with Gasteiger partial charge >= 0.3 is 0 Å². The lowest BCUT2D eigenvalue weighted by Gasteiger charge is -2.32. The summed E-state index contributed by atoms with van der Waals surface area (Å²) in [4.78, 5) is 14.0. The van der Waals surface area contributed by atoms with E-state index in [2.05, 4.69) is 12.2 Å². The zero-order valence-corrected chi connectivity index (χ0v) is 11.5. The highest BCUT2D eigenvalue weighted by Crippen LogP contribution is 2.18. The number of rotatable bonds is 7. The Morgan fingerprint density at radius 1 is 1.39 bits per heavy atom. The third-order valence-electron chi connectivity index (χ3n) is 3.64. The van der Waals surface area contributed by atoms with E-state index in [-0.39, 0.29) is 12.0 Å². The van der Waals surface area contributed by atoms with Crippen LogP contribution in [0.4, 0.5) is 0 Å². The lowest BCUT2D eigenvalue weighted by atomic mass is 10.1. The molecule has 1 unspecified atom stereocenters. The molecule has 1 amide bonds. The molecule has 1 N–H and O–H groups in total. The van der Waals surface area contributed by atoms with Crippen LogP contribution < -0.4 is 5.32 Å². The second-order valence-electron chi connectivity index (χ2n) is 5.45. The van der Waals surface area contributed by atoms with E-state index < -0.39 is 0 Å². The van der Waals surface area contributed by atoms with Gasteiger partial charge in [-0.2, -0.15) is 0 Å². The molecule has 2 rings (SSSR count). The van der Waals surface area contributed by atoms with Gasteiger partial charge in [-0.1, -0.05) is 6.92 Å². The van der Waals surface area contributed by atoms with Crippen LogP contribution in [0.2, 0.25) is 0 Å². The minimum atomic E-state index is 0.263. The van der Waals surface area contributed by atoms with Crippen molar-refractivity contribution in [1.29, 1.82) is 0 Å². The maximum absolute atomic E-state index is 12.0. The molecule has 4 nitrogen and oxygen atoms in total. The molecule has 1 atom stereocenters. The van der Waals surface area contributed by atoms with Crippen LogP contribution in [0.3, 0.4) is 0 Å². The number of hydrogen-bond acceptors (Lipinski definition) is 3. The molecule has 0 aromatic heterocycles. The van der Waals surface area contributed by atoms with Gasteiger partial charge in [0.1, 0.15) is 0 Å². The second-order valence-corrected chi connectivity index (χ2v) is 5.45. The molecule has 0 aromatic rings. The van der Waals surface area contributed by atoms with Crippen molar-refractivity contribution in [3.8, 4) is 0 Å². The fourth-order valence-electron chi connectivity index (χ4n) is 2.41. The summed E-state index contributed by atoms with van der Waals surface area (Å²) in [6.07, 6.45) is 6.70. The summed E-state index contributed by atoms with van der Waals surface area (Å²) in [5.41, 5.74) is 0. The third-order valence-corrected chi connectivity index (χ3v) is 3.64. The van der Waals surface area contributed by atoms with Crippen LogP contribution in [-0.2, 0) is 9.53 Å². The number of nitrogens with one attached hydrogen (secondary N) is 1. The minimum Gasteiger partial charge on any atom is -0.376 e. The zero-order chi connectivity index (χ0) is 12.8. The van der Waals surface area contributed by atoms with E-state index in [1.807, 2.05) is 4.90 Å². The molecule has 0 spiro atoms. The molecule has 1 saturated carbocycles. The average Bonchev–Trinajstić information content (AvgIpc) is 3.20. The first-order valence-corrected chi connectivity index (χ1v) is 7.42. The quantitative estimate of drug-likeness (QED) is 0.749. The van der Waals surface area contributed by atoms with Crippen LogP contribution in [-0.4, -0.2) is 49.2 Å². The molecule has 18 heavy (non-hydrogen) atoms. The van der Waals surface area contributed by atoms with Gasteiger partial charge in [0.05, 0.1) is 6.10 Å². The summed E-state index contributed by atoms with van der Waals surface area (Å²) in [6, 6.07) is 0.694. The highest BCUT2D eigenvalue weighted by molar-refractivity contribution is 5.76. The largest absolute Gasteiger partial charge is 0.376 e. The van der Waals surface area contributed by atoms with Gasteiger partial charge in [0.2, 0.25) is 5.91 Å². The molecule has 0 radical (unpaired) electrons. The van der Waals surface area contributed by atoms with Crippen molar-refractivity contribution < 1.29 is 9.53 Å². The van der Waals surface area contributed by atoms with E-state index in [0.717, 1.165) is 45.5 Å². The molecule has 0 aromatic carbocycles. The van der Waals surface area contributed by atoms with E-state index in [0.29, 0.717) is 12.5 Å². The van der Waals surface area contributed by atoms with Crippen LogP contribution in [0.5, 0.6) is 0 Å². The Bertz CT molecular complexity index is 267. The van der Waals surface area contributed by atoms with Gasteiger partial charge in [0.25, 0.3) is 0 Å². The number of nitrogens with zero attached hydrogens (tertiary/aromatic N) is 1. The lowest BCUT2D eigenvalue weighted by Crippen LogP contribution is -2.44. The summed E-state index contributed by atoms with van der Waals surface area (Å²) in [5.74, 6) is 0.285. The topological polar surface area (TPSA) is 41.6 Å². The summed E-state index contributed by atoms with van der Waals surface area (Å²) in [5, 5.41) is 3.39. The summed E-state index contributed by atoms with van der Waals surface area (Å²) < 4.78 is 5.76. The van der Waals surface area contributed by atoms with Crippen LogP contribution in [0.15, 0.2) is 0 Å². The van der Waals surface area contributed by atoms with Gasteiger partial charge in [0, 0.05) is 38.7 Å². The Balaban J connectivity index is 1.64. The Labute approximate surface area is 110 Å². The number of carbonyl (C=O) groups excluding carboxylic acids is 1. The molecular weight excluding hydrogens is 228 g/mol. The summed E-state index contributed by atoms with van der Waals surface area (Å²) in [7, 11) is 0. The van der Waals surface area contributed by atoms with E-state index in [1.54, 1.807) is 0 Å². The number of likely N-dealkylation sites (tertiary alicyclic amines) is 1. The number of hydrogen-bond donors (Lipinski definition) is 1. The summed E-state index contributed by atoms with van der Waals surface area (Å²) in [6.45, 7) is 5.47. The normalized spacial score (nSPS) is 24.3. The van der Waals surface area contributed by atoms with E-state index in [1.165, 1.54) is 12.8 Å². The number of amides is 1. The van der Waals surface area contributed by atoms with Crippen molar-refractivity contribution in [3.05, 3.63) is 0 Å².